The van der Waals surface area contributed by atoms with Crippen molar-refractivity contribution in [1.82, 2.24) is 24.1 Å². The molecule has 0 fully saturated rings. The van der Waals surface area contributed by atoms with Gasteiger partial charge in [0.05, 0.1) is 50.5 Å². The number of methoxy groups -OCH3 is 1. The molecule has 15 heteroatoms. The third-order valence-electron chi connectivity index (χ3n) is 9.93. The minimum Gasteiger partial charge on any atom is -0.508 e. The molecule has 3 aromatic heterocycles. The van der Waals surface area contributed by atoms with E-state index in [1.165, 1.54) is 60.9 Å². The van der Waals surface area contributed by atoms with E-state index in [1.807, 2.05) is 87.5 Å². The molecule has 290 valence electrons. The number of halogens is 1. The quantitative estimate of drug-likeness (QED) is 0.105. The highest BCUT2D eigenvalue weighted by molar-refractivity contribution is 7.21. The van der Waals surface area contributed by atoms with Gasteiger partial charge in [-0.3, -0.25) is 14.2 Å². The Hall–Kier alpha value is -5.69. The molecule has 0 aliphatic carbocycles. The van der Waals surface area contributed by atoms with Crippen LogP contribution < -0.4 is 26.4 Å². The van der Waals surface area contributed by atoms with Crippen LogP contribution in [0.4, 0.5) is 4.39 Å². The van der Waals surface area contributed by atoms with Crippen molar-refractivity contribution in [3.05, 3.63) is 129 Å². The zero-order chi connectivity index (χ0) is 40.4. The van der Waals surface area contributed by atoms with E-state index in [4.69, 9.17) is 13.9 Å². The van der Waals surface area contributed by atoms with Crippen LogP contribution in [0.15, 0.2) is 101 Å². The van der Waals surface area contributed by atoms with Crippen molar-refractivity contribution in [1.29, 1.82) is 5.26 Å². The maximum Gasteiger partial charge on any atom is 0.333 e. The number of carbonyl (C=O) groups excluding carboxylic acids is 1. The van der Waals surface area contributed by atoms with Crippen molar-refractivity contribution in [3.63, 3.8) is 0 Å². The van der Waals surface area contributed by atoms with Gasteiger partial charge in [-0.25, -0.2) is 13.8 Å². The highest BCUT2D eigenvalue weighted by atomic mass is 32.1. The third-order valence-corrected chi connectivity index (χ3v) is 16.1. The minimum absolute atomic E-state index is 0.0201. The van der Waals surface area contributed by atoms with Crippen LogP contribution in [-0.4, -0.2) is 52.1 Å². The Bertz CT molecular complexity index is 2480. The average Bonchev–Trinajstić information content (AvgIpc) is 3.83. The number of benzene rings is 3. The van der Waals surface area contributed by atoms with Crippen molar-refractivity contribution in [2.24, 2.45) is 0 Å². The Morgan fingerprint density at radius 3 is 2.12 bits per heavy atom. The van der Waals surface area contributed by atoms with E-state index in [0.717, 1.165) is 26.3 Å². The van der Waals surface area contributed by atoms with Crippen molar-refractivity contribution in [2.75, 3.05) is 13.7 Å². The van der Waals surface area contributed by atoms with Crippen LogP contribution in [0.25, 0.3) is 15.2 Å². The van der Waals surface area contributed by atoms with Crippen LogP contribution in [0.3, 0.4) is 0 Å². The lowest BCUT2D eigenvalue weighted by atomic mass is 10.1. The van der Waals surface area contributed by atoms with Crippen molar-refractivity contribution < 1.29 is 23.1 Å². The minimum atomic E-state index is -3.49. The number of hydrogen-bond donors (Lipinski definition) is 0. The number of aromatic nitrogens is 5. The fourth-order valence-electron chi connectivity index (χ4n) is 7.11. The molecule has 0 bridgehead atoms. The summed E-state index contributed by atoms with van der Waals surface area (Å²) in [5.41, 5.74) is -2.62. The largest absolute Gasteiger partial charge is 0.508 e. The fourth-order valence-corrected chi connectivity index (χ4v) is 12.8. The van der Waals surface area contributed by atoms with E-state index >= 15 is 9.59 Å². The second kappa shape index (κ2) is 15.8. The summed E-state index contributed by atoms with van der Waals surface area (Å²) < 4.78 is 35.7. The molecule has 12 nitrogen and oxygen atoms in total. The second-order valence-electron chi connectivity index (χ2n) is 14.8. The number of carbonyl (C=O) groups is 1. The Balaban J connectivity index is 1.59. The van der Waals surface area contributed by atoms with Gasteiger partial charge in [0.2, 0.25) is 0 Å². The van der Waals surface area contributed by atoms with Crippen LogP contribution in [0.5, 0.6) is 5.75 Å². The van der Waals surface area contributed by atoms with Crippen LogP contribution in [-0.2, 0) is 26.0 Å². The number of ether oxygens (including phenoxy) is 2. The van der Waals surface area contributed by atoms with E-state index in [9.17, 15) is 14.4 Å². The SMILES string of the molecule is COc1ccc(F)cc1[C@H](Cn1c(=O)n(C(C)(C)C(=O)O[Si](c2ccccc2)(c2ccccc2)C(C)(C)C)c(=O)c2c(C)c(-n3nccn3)sc21)OCCC#N. The van der Waals surface area contributed by atoms with Gasteiger partial charge >= 0.3 is 20.0 Å². The normalized spacial score (nSPS) is 12.7. The molecule has 56 heavy (non-hydrogen) atoms. The molecule has 0 saturated heterocycles. The second-order valence-corrected chi connectivity index (χ2v) is 20.0. The Labute approximate surface area is 328 Å². The van der Waals surface area contributed by atoms with Gasteiger partial charge in [0.25, 0.3) is 5.56 Å². The van der Waals surface area contributed by atoms with Crippen molar-refractivity contribution >= 4 is 46.2 Å². The molecule has 0 N–H and O–H groups in total. The van der Waals surface area contributed by atoms with Gasteiger partial charge in [0.15, 0.2) is 0 Å². The highest BCUT2D eigenvalue weighted by Crippen LogP contribution is 2.39. The predicted octanol–water partition coefficient (Wildman–Crippen LogP) is 5.77. The maximum absolute atomic E-state index is 15.1. The average molecular weight is 795 g/mol. The summed E-state index contributed by atoms with van der Waals surface area (Å²) in [6, 6.07) is 25.2. The predicted molar refractivity (Wildman–Crippen MR) is 215 cm³/mol. The first-order valence-electron chi connectivity index (χ1n) is 18.0. The molecule has 0 saturated carbocycles. The molecule has 0 aliphatic heterocycles. The summed E-state index contributed by atoms with van der Waals surface area (Å²) in [7, 11) is -2.06. The number of nitrogens with zero attached hydrogens (tertiary/aromatic N) is 6. The summed E-state index contributed by atoms with van der Waals surface area (Å²) >= 11 is 1.12. The van der Waals surface area contributed by atoms with Gasteiger partial charge in [0.1, 0.15) is 33.0 Å². The van der Waals surface area contributed by atoms with Crippen LogP contribution in [0.2, 0.25) is 5.04 Å². The number of nitriles is 1. The van der Waals surface area contributed by atoms with Gasteiger partial charge in [-0.1, -0.05) is 92.8 Å². The van der Waals surface area contributed by atoms with Crippen molar-refractivity contribution in [2.45, 2.75) is 71.2 Å². The first-order chi connectivity index (χ1) is 26.7. The molecule has 3 aromatic carbocycles. The molecule has 0 unspecified atom stereocenters. The molecular formula is C41H43FN6O6SSi. The maximum atomic E-state index is 15.1. The molecule has 6 rings (SSSR count). The molecule has 6 aromatic rings. The lowest BCUT2D eigenvalue weighted by Gasteiger charge is -2.43. The van der Waals surface area contributed by atoms with Gasteiger partial charge in [0, 0.05) is 11.1 Å². The number of fused-ring (bicyclic) bond motifs is 1. The third kappa shape index (κ3) is 7.11. The zero-order valence-corrected chi connectivity index (χ0v) is 34.1. The van der Waals surface area contributed by atoms with Crippen LogP contribution >= 0.6 is 11.3 Å². The van der Waals surface area contributed by atoms with Crippen LogP contribution in [0, 0.1) is 24.1 Å². The molecular weight excluding hydrogens is 752 g/mol. The summed E-state index contributed by atoms with van der Waals surface area (Å²) in [4.78, 5) is 46.5. The van der Waals surface area contributed by atoms with E-state index in [0.29, 0.717) is 16.3 Å². The van der Waals surface area contributed by atoms with Crippen molar-refractivity contribution in [3.8, 4) is 16.8 Å². The highest BCUT2D eigenvalue weighted by Gasteiger charge is 2.55. The summed E-state index contributed by atoms with van der Waals surface area (Å²) in [5.74, 6) is -1.04. The van der Waals surface area contributed by atoms with Gasteiger partial charge in [-0.15, -0.1) is 4.80 Å². The molecule has 0 aliphatic rings. The first-order valence-corrected chi connectivity index (χ1v) is 20.7. The smallest absolute Gasteiger partial charge is 0.333 e. The van der Waals surface area contributed by atoms with E-state index < -0.39 is 48.0 Å². The standard InChI is InChI=1S/C41H43FN6O6SSi/c1-27-34-35(49)47(41(5,6)38(50)54-56(40(2,3)4,29-15-10-8-11-16-29)30-17-12-9-13-18-30)39(51)46(37(34)55-36(27)48-44-22-23-45-48)26-33(53-24-14-21-43)31-25-28(42)19-20-32(31)52-7/h8-13,15-20,22-23,25,33H,14,24,26H2,1-7H3/t33-/m0/s1. The zero-order valence-electron chi connectivity index (χ0n) is 32.3. The van der Waals surface area contributed by atoms with Gasteiger partial charge < -0.3 is 13.9 Å². The van der Waals surface area contributed by atoms with E-state index in [-0.39, 0.29) is 35.4 Å². The lowest BCUT2D eigenvalue weighted by Crippen LogP contribution is -2.69. The fraction of sp³-hybridized carbons (Fsp3) is 0.317. The molecule has 1 atom stereocenters. The Kier molecular flexibility index (Phi) is 11.3. The summed E-state index contributed by atoms with van der Waals surface area (Å²) in [6.07, 6.45) is 1.98. The summed E-state index contributed by atoms with van der Waals surface area (Å²) in [6.45, 7) is 10.5. The summed E-state index contributed by atoms with van der Waals surface area (Å²) in [5, 5.41) is 19.6. The molecule has 3 heterocycles. The molecule has 0 amide bonds. The number of rotatable bonds is 13. The number of aryl methyl sites for hydroxylation is 1. The van der Waals surface area contributed by atoms with E-state index in [1.54, 1.807) is 6.92 Å². The molecule has 0 spiro atoms. The number of hydrogen-bond acceptors (Lipinski definition) is 10. The van der Waals surface area contributed by atoms with E-state index in [2.05, 4.69) is 10.2 Å². The topological polar surface area (TPSA) is 143 Å². The Morgan fingerprint density at radius 1 is 0.964 bits per heavy atom. The lowest BCUT2D eigenvalue weighted by molar-refractivity contribution is -0.144. The van der Waals surface area contributed by atoms with Gasteiger partial charge in [-0.05, 0) is 54.4 Å². The number of thiophene rings is 1. The van der Waals surface area contributed by atoms with Gasteiger partial charge in [-0.2, -0.15) is 15.5 Å². The Morgan fingerprint density at radius 2 is 1.57 bits per heavy atom. The monoisotopic (exact) mass is 794 g/mol. The van der Waals surface area contributed by atoms with Crippen LogP contribution in [0.1, 0.15) is 58.3 Å². The molecule has 0 radical (unpaired) electrons. The first kappa shape index (κ1) is 40.0.